The van der Waals surface area contributed by atoms with Gasteiger partial charge < -0.3 is 20.7 Å². The first kappa shape index (κ1) is 22.2. The van der Waals surface area contributed by atoms with Gasteiger partial charge in [0.25, 0.3) is 11.8 Å². The van der Waals surface area contributed by atoms with E-state index in [9.17, 15) is 18.8 Å². The first-order valence-electron chi connectivity index (χ1n) is 10.3. The molecule has 0 unspecified atom stereocenters. The van der Waals surface area contributed by atoms with Crippen molar-refractivity contribution in [3.63, 3.8) is 0 Å². The molecule has 3 amide bonds. The molecule has 1 atom stereocenters. The molecule has 8 nitrogen and oxygen atoms in total. The molecule has 30 heavy (non-hydrogen) atoms. The van der Waals surface area contributed by atoms with Gasteiger partial charge in [0.1, 0.15) is 12.4 Å². The molecule has 1 aromatic rings. The molecule has 0 aromatic heterocycles. The highest BCUT2D eigenvalue weighted by Crippen LogP contribution is 2.28. The highest BCUT2D eigenvalue weighted by molar-refractivity contribution is 6.09. The molecule has 1 saturated carbocycles. The zero-order valence-electron chi connectivity index (χ0n) is 17.4. The molecule has 9 heteroatoms. The lowest BCUT2D eigenvalue weighted by molar-refractivity contribution is -0.135. The van der Waals surface area contributed by atoms with Crippen LogP contribution in [0, 0.1) is 11.7 Å². The third kappa shape index (κ3) is 4.96. The van der Waals surface area contributed by atoms with Gasteiger partial charge >= 0.3 is 0 Å². The van der Waals surface area contributed by atoms with E-state index in [1.807, 2.05) is 18.7 Å². The minimum atomic E-state index is -1.12. The van der Waals surface area contributed by atoms with Crippen LogP contribution in [0.25, 0.3) is 0 Å². The quantitative estimate of drug-likeness (QED) is 0.620. The van der Waals surface area contributed by atoms with Crippen LogP contribution in [0.15, 0.2) is 18.2 Å². The van der Waals surface area contributed by atoms with Gasteiger partial charge in [0.15, 0.2) is 6.04 Å². The van der Waals surface area contributed by atoms with Crippen molar-refractivity contribution in [2.75, 3.05) is 36.5 Å². The number of hydrogen-bond donors (Lipinski definition) is 2. The number of carbonyl (C=O) groups is 3. The van der Waals surface area contributed by atoms with Gasteiger partial charge in [-0.05, 0) is 37.0 Å². The Kier molecular flexibility index (Phi) is 7.04. The van der Waals surface area contributed by atoms with Crippen LogP contribution >= 0.6 is 0 Å². The van der Waals surface area contributed by atoms with Crippen molar-refractivity contribution in [2.24, 2.45) is 11.7 Å². The summed E-state index contributed by atoms with van der Waals surface area (Å²) in [5, 5.41) is 2.61. The number of amides is 3. The number of nitrogens with one attached hydrogen (secondary N) is 1. The second-order valence-corrected chi connectivity index (χ2v) is 8.23. The van der Waals surface area contributed by atoms with Crippen molar-refractivity contribution in [3.8, 4) is 0 Å². The highest BCUT2D eigenvalue weighted by Gasteiger charge is 2.38. The number of halogens is 1. The van der Waals surface area contributed by atoms with Crippen molar-refractivity contribution in [3.05, 3.63) is 24.0 Å². The molecule has 0 bridgehead atoms. The Balaban J connectivity index is 1.76. The van der Waals surface area contributed by atoms with Crippen LogP contribution in [-0.4, -0.2) is 61.0 Å². The van der Waals surface area contributed by atoms with E-state index in [0.29, 0.717) is 13.2 Å². The molecule has 0 spiro atoms. The predicted molar refractivity (Wildman–Crippen MR) is 110 cm³/mol. The van der Waals surface area contributed by atoms with Crippen LogP contribution in [0.5, 0.6) is 0 Å². The summed E-state index contributed by atoms with van der Waals surface area (Å²) in [6.45, 7) is 5.10. The second-order valence-electron chi connectivity index (χ2n) is 8.23. The summed E-state index contributed by atoms with van der Waals surface area (Å²) < 4.78 is 19.7. The van der Waals surface area contributed by atoms with Crippen LogP contribution in [0.2, 0.25) is 0 Å². The average Bonchev–Trinajstić information content (AvgIpc) is 2.60. The number of ether oxygens (including phenoxy) is 1. The first-order valence-corrected chi connectivity index (χ1v) is 10.3. The maximum atomic E-state index is 14.7. The van der Waals surface area contributed by atoms with E-state index in [4.69, 9.17) is 10.5 Å². The Hall–Kier alpha value is -2.52. The summed E-state index contributed by atoms with van der Waals surface area (Å²) in [4.78, 5) is 40.2. The monoisotopic (exact) mass is 420 g/mol. The molecule has 1 aromatic carbocycles. The lowest BCUT2D eigenvalue weighted by Crippen LogP contribution is -2.58. The summed E-state index contributed by atoms with van der Waals surface area (Å²) in [6.07, 6.45) is 2.89. The standard InChI is InChI=1S/C21H29FN4O4/c1-13(2)11-26(15-4-3-5-15)19(20(23)28)21(29)24-14-6-7-17(16(22)10-14)25-8-9-30-12-18(25)27/h6-7,10,13,15,19H,3-5,8-9,11-12H2,1-2H3,(H2,23,28)(H,24,29)/t19-/m1/s1. The van der Waals surface area contributed by atoms with Gasteiger partial charge in [-0.3, -0.25) is 19.3 Å². The van der Waals surface area contributed by atoms with Crippen LogP contribution in [0.3, 0.4) is 0 Å². The number of nitrogens with two attached hydrogens (primary N) is 1. The maximum absolute atomic E-state index is 14.7. The summed E-state index contributed by atoms with van der Waals surface area (Å²) in [7, 11) is 0. The summed E-state index contributed by atoms with van der Waals surface area (Å²) in [6, 6.07) is 3.10. The molecule has 2 aliphatic rings. The van der Waals surface area contributed by atoms with Crippen LogP contribution in [-0.2, 0) is 19.1 Å². The summed E-state index contributed by atoms with van der Waals surface area (Å²) in [5.41, 5.74) is 5.91. The van der Waals surface area contributed by atoms with Gasteiger partial charge in [-0.2, -0.15) is 0 Å². The van der Waals surface area contributed by atoms with Gasteiger partial charge in [-0.15, -0.1) is 0 Å². The molecular weight excluding hydrogens is 391 g/mol. The number of anilines is 2. The molecule has 1 saturated heterocycles. The Labute approximate surface area is 175 Å². The molecule has 1 aliphatic heterocycles. The van der Waals surface area contributed by atoms with Crippen LogP contribution < -0.4 is 16.0 Å². The van der Waals surface area contributed by atoms with E-state index >= 15 is 0 Å². The number of benzene rings is 1. The molecule has 3 rings (SSSR count). The minimum Gasteiger partial charge on any atom is -0.370 e. The SMILES string of the molecule is CC(C)CN(C1CCC1)[C@H](C(N)=O)C(=O)Nc1ccc(N2CCOCC2=O)c(F)c1. The predicted octanol–water partition coefficient (Wildman–Crippen LogP) is 1.49. The van der Waals surface area contributed by atoms with Gasteiger partial charge in [-0.25, -0.2) is 4.39 Å². The van der Waals surface area contributed by atoms with Crippen LogP contribution in [0.4, 0.5) is 15.8 Å². The number of primary amides is 1. The van der Waals surface area contributed by atoms with Crippen LogP contribution in [0.1, 0.15) is 33.1 Å². The fourth-order valence-corrected chi connectivity index (χ4v) is 3.84. The van der Waals surface area contributed by atoms with E-state index in [1.165, 1.54) is 17.0 Å². The summed E-state index contributed by atoms with van der Waals surface area (Å²) >= 11 is 0. The van der Waals surface area contributed by atoms with Crippen molar-refractivity contribution in [1.82, 2.24) is 4.90 Å². The second kappa shape index (κ2) is 9.53. The van der Waals surface area contributed by atoms with Crippen molar-refractivity contribution in [1.29, 1.82) is 0 Å². The Morgan fingerprint density at radius 2 is 2.10 bits per heavy atom. The number of nitrogens with zero attached hydrogens (tertiary/aromatic N) is 2. The van der Waals surface area contributed by atoms with Crippen molar-refractivity contribution >= 4 is 29.1 Å². The van der Waals surface area contributed by atoms with E-state index < -0.39 is 23.7 Å². The molecule has 1 aliphatic carbocycles. The van der Waals surface area contributed by atoms with Crippen molar-refractivity contribution < 1.29 is 23.5 Å². The summed E-state index contributed by atoms with van der Waals surface area (Å²) in [5.74, 6) is -2.02. The average molecular weight is 420 g/mol. The molecule has 3 N–H and O–H groups in total. The zero-order chi connectivity index (χ0) is 21.8. The Morgan fingerprint density at radius 1 is 1.37 bits per heavy atom. The van der Waals surface area contributed by atoms with Gasteiger partial charge in [-0.1, -0.05) is 20.3 Å². The molecule has 0 radical (unpaired) electrons. The zero-order valence-corrected chi connectivity index (χ0v) is 17.4. The Bertz CT molecular complexity index is 812. The fraction of sp³-hybridized carbons (Fsp3) is 0.571. The Morgan fingerprint density at radius 3 is 2.63 bits per heavy atom. The smallest absolute Gasteiger partial charge is 0.253 e. The molecular formula is C21H29FN4O4. The number of carbonyl (C=O) groups excluding carboxylic acids is 3. The number of rotatable bonds is 8. The molecule has 1 heterocycles. The van der Waals surface area contributed by atoms with E-state index in [-0.39, 0.29) is 42.4 Å². The third-order valence-corrected chi connectivity index (χ3v) is 5.46. The van der Waals surface area contributed by atoms with E-state index in [0.717, 1.165) is 25.3 Å². The highest BCUT2D eigenvalue weighted by atomic mass is 19.1. The van der Waals surface area contributed by atoms with Gasteiger partial charge in [0.2, 0.25) is 5.91 Å². The number of hydrogen-bond acceptors (Lipinski definition) is 5. The minimum absolute atomic E-state index is 0.0922. The largest absolute Gasteiger partial charge is 0.370 e. The van der Waals surface area contributed by atoms with E-state index in [2.05, 4.69) is 5.32 Å². The van der Waals surface area contributed by atoms with Crippen molar-refractivity contribution in [2.45, 2.75) is 45.2 Å². The molecule has 2 fully saturated rings. The normalized spacial score (nSPS) is 18.4. The third-order valence-electron chi connectivity index (χ3n) is 5.46. The lowest BCUT2D eigenvalue weighted by atomic mass is 9.89. The maximum Gasteiger partial charge on any atom is 0.253 e. The van der Waals surface area contributed by atoms with Gasteiger partial charge in [0.05, 0.1) is 12.3 Å². The topological polar surface area (TPSA) is 105 Å². The van der Waals surface area contributed by atoms with E-state index in [1.54, 1.807) is 0 Å². The number of morpholine rings is 1. The van der Waals surface area contributed by atoms with Gasteiger partial charge in [0, 0.05) is 24.8 Å². The first-order chi connectivity index (χ1) is 14.3. The fourth-order valence-electron chi connectivity index (χ4n) is 3.84. The lowest BCUT2D eigenvalue weighted by Gasteiger charge is -2.41. The molecule has 164 valence electrons.